The Kier molecular flexibility index (Phi) is 5.04. The molecular weight excluding hydrogens is 366 g/mol. The van der Waals surface area contributed by atoms with Crippen LogP contribution < -0.4 is 0 Å². The molecule has 4 rings (SSSR count). The van der Waals surface area contributed by atoms with Gasteiger partial charge in [-0.25, -0.2) is 0 Å². The standard InChI is InChI=1S/C18H21N5O3S/c1-12-14(13(2)25-20-12)10-17(24)23-7-5-22(6-8-23)11-16-19-18(21-26-16)15-4-3-9-27-15/h3-4,9H,5-8,10-11H2,1-2H3. The van der Waals surface area contributed by atoms with E-state index in [4.69, 9.17) is 9.05 Å². The highest BCUT2D eigenvalue weighted by Crippen LogP contribution is 2.22. The second kappa shape index (κ2) is 7.61. The second-order valence-corrected chi connectivity index (χ2v) is 7.57. The molecule has 8 nitrogen and oxygen atoms in total. The third kappa shape index (κ3) is 3.93. The predicted molar refractivity (Wildman–Crippen MR) is 99.1 cm³/mol. The van der Waals surface area contributed by atoms with Gasteiger partial charge >= 0.3 is 0 Å². The smallest absolute Gasteiger partial charge is 0.241 e. The molecule has 3 aromatic heterocycles. The molecule has 1 aliphatic rings. The number of piperazine rings is 1. The first kappa shape index (κ1) is 17.9. The Morgan fingerprint density at radius 3 is 2.67 bits per heavy atom. The molecule has 0 aromatic carbocycles. The summed E-state index contributed by atoms with van der Waals surface area (Å²) in [6.45, 7) is 7.25. The minimum absolute atomic E-state index is 0.113. The highest BCUT2D eigenvalue weighted by atomic mass is 32.1. The van der Waals surface area contributed by atoms with Crippen LogP contribution in [0.25, 0.3) is 10.7 Å². The Morgan fingerprint density at radius 2 is 2.00 bits per heavy atom. The number of thiophene rings is 1. The normalized spacial score (nSPS) is 15.4. The third-order valence-electron chi connectivity index (χ3n) is 4.80. The molecule has 0 N–H and O–H groups in total. The van der Waals surface area contributed by atoms with E-state index in [0.29, 0.717) is 37.8 Å². The van der Waals surface area contributed by atoms with Crippen LogP contribution in [0.1, 0.15) is 22.9 Å². The molecule has 0 saturated carbocycles. The van der Waals surface area contributed by atoms with Gasteiger partial charge in [-0.15, -0.1) is 11.3 Å². The van der Waals surface area contributed by atoms with E-state index in [1.165, 1.54) is 0 Å². The van der Waals surface area contributed by atoms with Crippen LogP contribution in [0.5, 0.6) is 0 Å². The van der Waals surface area contributed by atoms with Crippen molar-refractivity contribution in [1.29, 1.82) is 0 Å². The molecular formula is C18H21N5O3S. The van der Waals surface area contributed by atoms with Crippen LogP contribution >= 0.6 is 11.3 Å². The van der Waals surface area contributed by atoms with Crippen LogP contribution in [0.3, 0.4) is 0 Å². The predicted octanol–water partition coefficient (Wildman–Crippen LogP) is 2.29. The zero-order valence-corrected chi connectivity index (χ0v) is 16.2. The van der Waals surface area contributed by atoms with Gasteiger partial charge in [0, 0.05) is 31.7 Å². The van der Waals surface area contributed by atoms with E-state index in [2.05, 4.69) is 20.2 Å². The lowest BCUT2D eigenvalue weighted by atomic mass is 10.1. The number of carbonyl (C=O) groups excluding carboxylic acids is 1. The van der Waals surface area contributed by atoms with E-state index in [-0.39, 0.29) is 5.91 Å². The summed E-state index contributed by atoms with van der Waals surface area (Å²) in [4.78, 5) is 22.2. The van der Waals surface area contributed by atoms with Crippen molar-refractivity contribution in [3.8, 4) is 10.7 Å². The van der Waals surface area contributed by atoms with Gasteiger partial charge in [-0.05, 0) is 25.3 Å². The highest BCUT2D eigenvalue weighted by molar-refractivity contribution is 7.13. The molecule has 0 bridgehead atoms. The van der Waals surface area contributed by atoms with Crippen LogP contribution in [0.2, 0.25) is 0 Å². The zero-order valence-electron chi connectivity index (χ0n) is 15.3. The fourth-order valence-corrected chi connectivity index (χ4v) is 3.84. The van der Waals surface area contributed by atoms with Gasteiger partial charge in [-0.1, -0.05) is 16.4 Å². The van der Waals surface area contributed by atoms with E-state index in [1.54, 1.807) is 11.3 Å². The molecule has 9 heteroatoms. The average molecular weight is 387 g/mol. The van der Waals surface area contributed by atoms with Crippen molar-refractivity contribution in [2.75, 3.05) is 26.2 Å². The summed E-state index contributed by atoms with van der Waals surface area (Å²) in [5.41, 5.74) is 1.69. The summed E-state index contributed by atoms with van der Waals surface area (Å²) in [7, 11) is 0. The fraction of sp³-hybridized carbons (Fsp3) is 0.444. The first-order valence-electron chi connectivity index (χ1n) is 8.88. The van der Waals surface area contributed by atoms with Crippen molar-refractivity contribution in [3.63, 3.8) is 0 Å². The maximum absolute atomic E-state index is 12.6. The summed E-state index contributed by atoms with van der Waals surface area (Å²) < 4.78 is 10.5. The molecule has 1 saturated heterocycles. The molecule has 1 fully saturated rings. The molecule has 4 heterocycles. The van der Waals surface area contributed by atoms with E-state index >= 15 is 0 Å². The van der Waals surface area contributed by atoms with E-state index in [9.17, 15) is 4.79 Å². The van der Waals surface area contributed by atoms with Gasteiger partial charge in [0.25, 0.3) is 0 Å². The molecule has 0 aliphatic carbocycles. The SMILES string of the molecule is Cc1noc(C)c1CC(=O)N1CCN(Cc2nc(-c3cccs3)no2)CC1. The maximum Gasteiger partial charge on any atom is 0.241 e. The van der Waals surface area contributed by atoms with Crippen molar-refractivity contribution in [1.82, 2.24) is 25.1 Å². The highest BCUT2D eigenvalue weighted by Gasteiger charge is 2.24. The van der Waals surface area contributed by atoms with Crippen LogP contribution in [0, 0.1) is 13.8 Å². The maximum atomic E-state index is 12.6. The number of amides is 1. The number of aromatic nitrogens is 3. The van der Waals surface area contributed by atoms with E-state index in [0.717, 1.165) is 35.0 Å². The van der Waals surface area contributed by atoms with Gasteiger partial charge in [0.1, 0.15) is 5.76 Å². The molecule has 0 radical (unpaired) electrons. The molecule has 1 aliphatic heterocycles. The Bertz CT molecular complexity index is 890. The number of hydrogen-bond acceptors (Lipinski definition) is 8. The van der Waals surface area contributed by atoms with Crippen LogP contribution in [0.4, 0.5) is 0 Å². The minimum atomic E-state index is 0.113. The van der Waals surface area contributed by atoms with Gasteiger partial charge in [-0.2, -0.15) is 4.98 Å². The first-order chi connectivity index (χ1) is 13.1. The molecule has 0 spiro atoms. The lowest BCUT2D eigenvalue weighted by Gasteiger charge is -2.34. The lowest BCUT2D eigenvalue weighted by Crippen LogP contribution is -2.48. The largest absolute Gasteiger partial charge is 0.361 e. The summed E-state index contributed by atoms with van der Waals surface area (Å²) in [6, 6.07) is 3.94. The molecule has 3 aromatic rings. The topological polar surface area (TPSA) is 88.5 Å². The number of aryl methyl sites for hydroxylation is 2. The van der Waals surface area contributed by atoms with Gasteiger partial charge in [0.15, 0.2) is 0 Å². The number of rotatable bonds is 5. The summed E-state index contributed by atoms with van der Waals surface area (Å²) in [5.74, 6) is 2.07. The second-order valence-electron chi connectivity index (χ2n) is 6.63. The van der Waals surface area contributed by atoms with Crippen molar-refractivity contribution < 1.29 is 13.8 Å². The Labute approximate surface area is 160 Å². The molecule has 0 unspecified atom stereocenters. The zero-order chi connectivity index (χ0) is 18.8. The van der Waals surface area contributed by atoms with Crippen LogP contribution in [-0.2, 0) is 17.8 Å². The van der Waals surface area contributed by atoms with Gasteiger partial charge in [0.05, 0.1) is 23.5 Å². The summed E-state index contributed by atoms with van der Waals surface area (Å²) in [5, 5.41) is 9.95. The van der Waals surface area contributed by atoms with Crippen molar-refractivity contribution >= 4 is 17.2 Å². The fourth-order valence-electron chi connectivity index (χ4n) is 3.19. The quantitative estimate of drug-likeness (QED) is 0.663. The monoisotopic (exact) mass is 387 g/mol. The van der Waals surface area contributed by atoms with E-state index in [1.807, 2.05) is 36.3 Å². The van der Waals surface area contributed by atoms with Gasteiger partial charge < -0.3 is 13.9 Å². The lowest BCUT2D eigenvalue weighted by molar-refractivity contribution is -0.132. The Hall–Kier alpha value is -2.52. The number of hydrogen-bond donors (Lipinski definition) is 0. The van der Waals surface area contributed by atoms with Crippen molar-refractivity contribution in [2.24, 2.45) is 0 Å². The minimum Gasteiger partial charge on any atom is -0.361 e. The molecule has 0 atom stereocenters. The Balaban J connectivity index is 1.29. The van der Waals surface area contributed by atoms with E-state index < -0.39 is 0 Å². The van der Waals surface area contributed by atoms with Gasteiger partial charge in [0.2, 0.25) is 17.6 Å². The molecule has 142 valence electrons. The Morgan fingerprint density at radius 1 is 1.19 bits per heavy atom. The average Bonchev–Trinajstić information content (AvgIpc) is 3.41. The van der Waals surface area contributed by atoms with Crippen molar-refractivity contribution in [3.05, 3.63) is 40.4 Å². The van der Waals surface area contributed by atoms with Gasteiger partial charge in [-0.3, -0.25) is 9.69 Å². The van der Waals surface area contributed by atoms with Crippen LogP contribution in [0.15, 0.2) is 26.6 Å². The number of carbonyl (C=O) groups is 1. The first-order valence-corrected chi connectivity index (χ1v) is 9.76. The van der Waals surface area contributed by atoms with Crippen molar-refractivity contribution in [2.45, 2.75) is 26.8 Å². The molecule has 27 heavy (non-hydrogen) atoms. The number of nitrogens with zero attached hydrogens (tertiary/aromatic N) is 5. The molecule has 1 amide bonds. The summed E-state index contributed by atoms with van der Waals surface area (Å²) >= 11 is 1.59. The third-order valence-corrected chi connectivity index (χ3v) is 5.67. The summed E-state index contributed by atoms with van der Waals surface area (Å²) in [6.07, 6.45) is 0.342. The van der Waals surface area contributed by atoms with Crippen LogP contribution in [-0.4, -0.2) is 57.2 Å².